The van der Waals surface area contributed by atoms with Crippen LogP contribution in [0.5, 0.6) is 11.5 Å². The molecule has 0 aliphatic carbocycles. The minimum absolute atomic E-state index is 0.0926. The fraction of sp³-hybridized carbons (Fsp3) is 0.300. The van der Waals surface area contributed by atoms with Crippen LogP contribution in [0.1, 0.15) is 6.42 Å². The molecule has 80 valence electrons. The third-order valence-corrected chi connectivity index (χ3v) is 2.34. The van der Waals surface area contributed by atoms with Crippen molar-refractivity contribution in [3.63, 3.8) is 0 Å². The third kappa shape index (κ3) is 2.15. The molecule has 0 bridgehead atoms. The molecule has 1 N–H and O–H groups in total. The number of ether oxygens (including phenoxy) is 2. The predicted molar refractivity (Wildman–Crippen MR) is 53.6 cm³/mol. The van der Waals surface area contributed by atoms with Gasteiger partial charge in [0, 0.05) is 0 Å². The van der Waals surface area contributed by atoms with Gasteiger partial charge in [-0.25, -0.2) is 0 Å². The zero-order chi connectivity index (χ0) is 10.8. The van der Waals surface area contributed by atoms with Crippen molar-refractivity contribution in [2.45, 2.75) is 12.5 Å². The van der Waals surface area contributed by atoms with E-state index in [1.807, 2.05) is 0 Å². The zero-order valence-corrected chi connectivity index (χ0v) is 8.53. The number of halogens is 1. The Labute approximate surface area is 91.4 Å². The molecule has 0 spiro atoms. The number of para-hydroxylation sites is 1. The Kier molecular flexibility index (Phi) is 2.68. The maximum absolute atomic E-state index is 10.5. The number of fused-ring (bicyclic) bond motifs is 1. The van der Waals surface area contributed by atoms with Gasteiger partial charge in [-0.3, -0.25) is 4.79 Å². The highest BCUT2D eigenvalue weighted by molar-refractivity contribution is 6.32. The smallest absolute Gasteiger partial charge is 0.307 e. The number of hydrogen-bond acceptors (Lipinski definition) is 3. The van der Waals surface area contributed by atoms with Crippen LogP contribution in [0.2, 0.25) is 5.02 Å². The van der Waals surface area contributed by atoms with Gasteiger partial charge >= 0.3 is 5.97 Å². The van der Waals surface area contributed by atoms with Crippen molar-refractivity contribution in [2.24, 2.45) is 0 Å². The second-order valence-corrected chi connectivity index (χ2v) is 3.62. The first kappa shape index (κ1) is 10.1. The highest BCUT2D eigenvalue weighted by Gasteiger charge is 2.24. The number of aliphatic carboxylic acids is 1. The minimum atomic E-state index is -0.917. The molecule has 4 nitrogen and oxygen atoms in total. The molecule has 0 amide bonds. The molecule has 5 heteroatoms. The molecule has 1 heterocycles. The van der Waals surface area contributed by atoms with Crippen LogP contribution in [0.25, 0.3) is 0 Å². The minimum Gasteiger partial charge on any atom is -0.486 e. The van der Waals surface area contributed by atoms with Gasteiger partial charge in [0.05, 0.1) is 11.4 Å². The van der Waals surface area contributed by atoms with Crippen molar-refractivity contribution >= 4 is 17.6 Å². The molecule has 0 fully saturated rings. The van der Waals surface area contributed by atoms with E-state index in [2.05, 4.69) is 0 Å². The average Bonchev–Trinajstić information content (AvgIpc) is 2.18. The third-order valence-electron chi connectivity index (χ3n) is 2.04. The molecule has 1 atom stereocenters. The van der Waals surface area contributed by atoms with Crippen molar-refractivity contribution in [3.8, 4) is 11.5 Å². The van der Waals surface area contributed by atoms with E-state index in [1.54, 1.807) is 18.2 Å². The Balaban J connectivity index is 2.18. The number of rotatable bonds is 2. The van der Waals surface area contributed by atoms with Crippen LogP contribution in [0.15, 0.2) is 18.2 Å². The Morgan fingerprint density at radius 2 is 2.40 bits per heavy atom. The summed E-state index contributed by atoms with van der Waals surface area (Å²) < 4.78 is 10.8. The molecule has 0 aromatic heterocycles. The fourth-order valence-corrected chi connectivity index (χ4v) is 1.61. The van der Waals surface area contributed by atoms with Crippen molar-refractivity contribution in [2.75, 3.05) is 6.61 Å². The van der Waals surface area contributed by atoms with Gasteiger partial charge in [-0.2, -0.15) is 0 Å². The summed E-state index contributed by atoms with van der Waals surface area (Å²) in [5.41, 5.74) is 0. The number of carbonyl (C=O) groups is 1. The Hall–Kier alpha value is -1.42. The summed E-state index contributed by atoms with van der Waals surface area (Å²) in [5.74, 6) is 0.0694. The van der Waals surface area contributed by atoms with Gasteiger partial charge in [-0.15, -0.1) is 0 Å². The lowest BCUT2D eigenvalue weighted by atomic mass is 10.2. The normalized spacial score (nSPS) is 18.6. The molecule has 0 saturated heterocycles. The molecular formula is C10H9ClO4. The Morgan fingerprint density at radius 3 is 3.13 bits per heavy atom. The summed E-state index contributed by atoms with van der Waals surface area (Å²) in [5, 5.41) is 9.05. The second kappa shape index (κ2) is 3.98. The molecule has 1 unspecified atom stereocenters. The fourth-order valence-electron chi connectivity index (χ4n) is 1.40. The van der Waals surface area contributed by atoms with Crippen LogP contribution in [0.4, 0.5) is 0 Å². The van der Waals surface area contributed by atoms with Crippen LogP contribution < -0.4 is 9.47 Å². The summed E-state index contributed by atoms with van der Waals surface area (Å²) in [6.07, 6.45) is -0.570. The van der Waals surface area contributed by atoms with E-state index < -0.39 is 12.1 Å². The quantitative estimate of drug-likeness (QED) is 0.841. The van der Waals surface area contributed by atoms with E-state index in [0.29, 0.717) is 16.5 Å². The molecule has 1 aromatic rings. The van der Waals surface area contributed by atoms with Crippen molar-refractivity contribution in [1.29, 1.82) is 0 Å². The molecule has 15 heavy (non-hydrogen) atoms. The first-order chi connectivity index (χ1) is 7.16. The van der Waals surface area contributed by atoms with Gasteiger partial charge in [-0.1, -0.05) is 17.7 Å². The van der Waals surface area contributed by atoms with Crippen molar-refractivity contribution in [3.05, 3.63) is 23.2 Å². The Bertz CT molecular complexity index is 391. The van der Waals surface area contributed by atoms with E-state index in [1.165, 1.54) is 0 Å². The molecule has 2 rings (SSSR count). The van der Waals surface area contributed by atoms with E-state index in [0.717, 1.165) is 0 Å². The molecule has 1 aliphatic heterocycles. The summed E-state index contributed by atoms with van der Waals surface area (Å²) >= 11 is 5.89. The maximum Gasteiger partial charge on any atom is 0.307 e. The zero-order valence-electron chi connectivity index (χ0n) is 7.77. The van der Waals surface area contributed by atoms with E-state index in [9.17, 15) is 4.79 Å². The molecular weight excluding hydrogens is 220 g/mol. The summed E-state index contributed by atoms with van der Waals surface area (Å²) in [6, 6.07) is 5.16. The van der Waals surface area contributed by atoms with Crippen LogP contribution >= 0.6 is 11.6 Å². The van der Waals surface area contributed by atoms with Crippen LogP contribution in [-0.2, 0) is 4.79 Å². The molecule has 0 saturated carbocycles. The number of carboxylic acids is 1. The number of benzene rings is 1. The lowest BCUT2D eigenvalue weighted by Crippen LogP contribution is -2.31. The van der Waals surface area contributed by atoms with Gasteiger partial charge in [0.15, 0.2) is 11.5 Å². The first-order valence-corrected chi connectivity index (χ1v) is 4.84. The van der Waals surface area contributed by atoms with Gasteiger partial charge in [0.2, 0.25) is 0 Å². The van der Waals surface area contributed by atoms with Gasteiger partial charge < -0.3 is 14.6 Å². The van der Waals surface area contributed by atoms with E-state index in [4.69, 9.17) is 26.2 Å². The summed E-state index contributed by atoms with van der Waals surface area (Å²) in [6.45, 7) is 0.236. The van der Waals surface area contributed by atoms with Crippen LogP contribution in [0.3, 0.4) is 0 Å². The summed E-state index contributed by atoms with van der Waals surface area (Å²) in [7, 11) is 0. The van der Waals surface area contributed by atoms with E-state index in [-0.39, 0.29) is 13.0 Å². The number of hydrogen-bond donors (Lipinski definition) is 1. The molecule has 1 aliphatic rings. The largest absolute Gasteiger partial charge is 0.486 e. The molecule has 0 radical (unpaired) electrons. The number of carboxylic acid groups (broad SMARTS) is 1. The highest BCUT2D eigenvalue weighted by Crippen LogP contribution is 2.38. The lowest BCUT2D eigenvalue weighted by molar-refractivity contribution is -0.139. The summed E-state index contributed by atoms with van der Waals surface area (Å²) in [4.78, 5) is 10.5. The topological polar surface area (TPSA) is 55.8 Å². The van der Waals surface area contributed by atoms with E-state index >= 15 is 0 Å². The van der Waals surface area contributed by atoms with Gasteiger partial charge in [-0.05, 0) is 12.1 Å². The highest BCUT2D eigenvalue weighted by atomic mass is 35.5. The average molecular weight is 229 g/mol. The first-order valence-electron chi connectivity index (χ1n) is 4.46. The SMILES string of the molecule is O=C(O)CC1COc2cccc(Cl)c2O1. The maximum atomic E-state index is 10.5. The molecule has 1 aromatic carbocycles. The second-order valence-electron chi connectivity index (χ2n) is 3.22. The van der Waals surface area contributed by atoms with Gasteiger partial charge in [0.1, 0.15) is 12.7 Å². The van der Waals surface area contributed by atoms with Crippen LogP contribution in [0, 0.1) is 0 Å². The Morgan fingerprint density at radius 1 is 1.60 bits per heavy atom. The van der Waals surface area contributed by atoms with Crippen molar-refractivity contribution < 1.29 is 19.4 Å². The lowest BCUT2D eigenvalue weighted by Gasteiger charge is -2.26. The standard InChI is InChI=1S/C10H9ClO4/c11-7-2-1-3-8-10(7)15-6(5-14-8)4-9(12)13/h1-3,6H,4-5H2,(H,12,13). The van der Waals surface area contributed by atoms with Crippen molar-refractivity contribution in [1.82, 2.24) is 0 Å². The monoisotopic (exact) mass is 228 g/mol. The predicted octanol–water partition coefficient (Wildman–Crippen LogP) is 1.95. The van der Waals surface area contributed by atoms with Gasteiger partial charge in [0.25, 0.3) is 0 Å². The van der Waals surface area contributed by atoms with Crippen LogP contribution in [-0.4, -0.2) is 23.8 Å².